The van der Waals surface area contributed by atoms with Crippen LogP contribution in [0.15, 0.2) is 24.0 Å². The van der Waals surface area contributed by atoms with Crippen LogP contribution in [0.3, 0.4) is 0 Å². The predicted molar refractivity (Wildman–Crippen MR) is 131 cm³/mol. The first-order valence-electron chi connectivity index (χ1n) is 13.7. The normalized spacial score (nSPS) is 46.9. The van der Waals surface area contributed by atoms with Gasteiger partial charge in [-0.2, -0.15) is 0 Å². The van der Waals surface area contributed by atoms with E-state index in [0.717, 1.165) is 57.8 Å². The lowest BCUT2D eigenvalue weighted by molar-refractivity contribution is -0.212. The highest BCUT2D eigenvalue weighted by Crippen LogP contribution is 2.70. The van der Waals surface area contributed by atoms with Crippen LogP contribution in [0, 0.1) is 28.6 Å². The van der Waals surface area contributed by atoms with Gasteiger partial charge in [0.15, 0.2) is 17.2 Å². The van der Waals surface area contributed by atoms with E-state index in [0.29, 0.717) is 24.4 Å². The van der Waals surface area contributed by atoms with E-state index in [-0.39, 0.29) is 28.8 Å². The molecule has 0 amide bonds. The first-order valence-corrected chi connectivity index (χ1v) is 13.7. The van der Waals surface area contributed by atoms with Gasteiger partial charge in [0.1, 0.15) is 0 Å². The number of allylic oxidation sites excluding steroid dienone is 1. The smallest absolute Gasteiger partial charge is 0.193 e. The Morgan fingerprint density at radius 2 is 2.00 bits per heavy atom. The number of aliphatic hydroxyl groups is 1. The maximum atomic E-state index is 13.9. The van der Waals surface area contributed by atoms with Crippen molar-refractivity contribution in [1.82, 2.24) is 0 Å². The molecule has 4 aliphatic carbocycles. The number of ketones is 1. The lowest BCUT2D eigenvalue weighted by Gasteiger charge is -2.59. The molecule has 4 fully saturated rings. The number of aliphatic hydroxyl groups excluding tert-OH is 1. The van der Waals surface area contributed by atoms with Crippen LogP contribution in [-0.4, -0.2) is 41.1 Å². The van der Waals surface area contributed by atoms with Gasteiger partial charge in [-0.3, -0.25) is 4.79 Å². The Morgan fingerprint density at radius 1 is 1.21 bits per heavy atom. The molecule has 0 spiro atoms. The van der Waals surface area contributed by atoms with Gasteiger partial charge in [-0.1, -0.05) is 38.8 Å². The second-order valence-electron chi connectivity index (χ2n) is 12.6. The monoisotopic (exact) mass is 472 g/mol. The summed E-state index contributed by atoms with van der Waals surface area (Å²) in [4.78, 5) is 13.9. The molecule has 0 unspecified atom stereocenters. The topological polar surface area (TPSA) is 65.0 Å². The van der Waals surface area contributed by atoms with Crippen molar-refractivity contribution in [2.45, 2.75) is 116 Å². The Balaban J connectivity index is 1.46. The molecule has 1 heterocycles. The summed E-state index contributed by atoms with van der Waals surface area (Å²) >= 11 is 0. The Bertz CT molecular complexity index is 876. The van der Waals surface area contributed by atoms with Crippen molar-refractivity contribution in [3.05, 3.63) is 24.0 Å². The molecule has 1 saturated heterocycles. The lowest BCUT2D eigenvalue weighted by Crippen LogP contribution is -2.60. The quantitative estimate of drug-likeness (QED) is 0.232. The van der Waals surface area contributed by atoms with Gasteiger partial charge in [-0.05, 0) is 88.4 Å². The van der Waals surface area contributed by atoms with Gasteiger partial charge in [0, 0.05) is 11.5 Å². The van der Waals surface area contributed by atoms with Crippen molar-refractivity contribution in [2.75, 3.05) is 6.61 Å². The van der Waals surface area contributed by atoms with Gasteiger partial charge >= 0.3 is 0 Å². The first-order chi connectivity index (χ1) is 16.1. The molecular formula is C29H44O5. The van der Waals surface area contributed by atoms with E-state index in [1.807, 2.05) is 13.8 Å². The minimum absolute atomic E-state index is 0.00191. The fourth-order valence-corrected chi connectivity index (χ4v) is 8.71. The van der Waals surface area contributed by atoms with Crippen molar-refractivity contribution in [3.8, 4) is 0 Å². The molecule has 190 valence electrons. The van der Waals surface area contributed by atoms with Crippen LogP contribution in [0.1, 0.15) is 92.4 Å². The SMILES string of the molecule is CCCCO/C=C/C(=O)[C@]12OC(C)(C)O[C@H]1C[C@@H]1[C@H]3CC=C4C[C@@H](O)CC[C@]4(C)[C@@H]3CC[C@]12C. The number of carbonyl (C=O) groups excluding carboxylic acids is 1. The van der Waals surface area contributed by atoms with Gasteiger partial charge in [0.2, 0.25) is 0 Å². The van der Waals surface area contributed by atoms with Crippen molar-refractivity contribution in [2.24, 2.45) is 28.6 Å². The zero-order chi connectivity index (χ0) is 24.4. The van der Waals surface area contributed by atoms with Crippen LogP contribution in [0.25, 0.3) is 0 Å². The van der Waals surface area contributed by atoms with Crippen LogP contribution in [0.5, 0.6) is 0 Å². The van der Waals surface area contributed by atoms with E-state index in [1.165, 1.54) is 5.57 Å². The van der Waals surface area contributed by atoms with Gasteiger partial charge in [-0.25, -0.2) is 0 Å². The third-order valence-electron chi connectivity index (χ3n) is 10.4. The van der Waals surface area contributed by atoms with E-state index in [1.54, 1.807) is 12.3 Å². The highest BCUT2D eigenvalue weighted by Gasteiger charge is 2.75. The average molecular weight is 473 g/mol. The number of rotatable bonds is 6. The highest BCUT2D eigenvalue weighted by molar-refractivity contribution is 5.99. The van der Waals surface area contributed by atoms with Crippen molar-refractivity contribution in [3.63, 3.8) is 0 Å². The molecule has 0 aromatic heterocycles. The zero-order valence-electron chi connectivity index (χ0n) is 21.8. The van der Waals surface area contributed by atoms with E-state index in [4.69, 9.17) is 14.2 Å². The summed E-state index contributed by atoms with van der Waals surface area (Å²) in [7, 11) is 0. The van der Waals surface area contributed by atoms with Crippen molar-refractivity contribution < 1.29 is 24.1 Å². The summed E-state index contributed by atoms with van der Waals surface area (Å²) in [6.07, 6.45) is 14.0. The molecule has 5 aliphatic rings. The molecule has 0 aromatic carbocycles. The van der Waals surface area contributed by atoms with Crippen molar-refractivity contribution in [1.29, 1.82) is 0 Å². The number of ether oxygens (including phenoxy) is 3. The number of fused-ring (bicyclic) bond motifs is 7. The first kappa shape index (κ1) is 24.5. The number of carbonyl (C=O) groups is 1. The maximum absolute atomic E-state index is 13.9. The van der Waals surface area contributed by atoms with E-state index in [9.17, 15) is 9.90 Å². The molecule has 34 heavy (non-hydrogen) atoms. The van der Waals surface area contributed by atoms with Crippen LogP contribution >= 0.6 is 0 Å². The Kier molecular flexibility index (Phi) is 6.10. The zero-order valence-corrected chi connectivity index (χ0v) is 21.8. The second kappa shape index (κ2) is 8.45. The summed E-state index contributed by atoms with van der Waals surface area (Å²) in [6.45, 7) is 11.4. The van der Waals surface area contributed by atoms with Crippen molar-refractivity contribution >= 4 is 5.78 Å². The summed E-state index contributed by atoms with van der Waals surface area (Å²) in [6, 6.07) is 0. The van der Waals surface area contributed by atoms with Crippen LogP contribution in [-0.2, 0) is 19.0 Å². The molecule has 5 heteroatoms. The summed E-state index contributed by atoms with van der Waals surface area (Å²) in [5, 5.41) is 10.3. The molecule has 5 nitrogen and oxygen atoms in total. The lowest BCUT2D eigenvalue weighted by atomic mass is 9.46. The van der Waals surface area contributed by atoms with Gasteiger partial charge in [0.05, 0.1) is 25.1 Å². The maximum Gasteiger partial charge on any atom is 0.193 e. The minimum atomic E-state index is -0.954. The third kappa shape index (κ3) is 3.48. The molecule has 8 atom stereocenters. The van der Waals surface area contributed by atoms with Crippen LogP contribution in [0.2, 0.25) is 0 Å². The molecule has 1 aliphatic heterocycles. The second-order valence-corrected chi connectivity index (χ2v) is 12.6. The van der Waals surface area contributed by atoms with Crippen LogP contribution in [0.4, 0.5) is 0 Å². The summed E-state index contributed by atoms with van der Waals surface area (Å²) < 4.78 is 18.7. The summed E-state index contributed by atoms with van der Waals surface area (Å²) in [5.74, 6) is 0.741. The minimum Gasteiger partial charge on any atom is -0.501 e. The standard InChI is InChI=1S/C29H44O5/c1-6-7-15-32-16-12-24(31)29-25(33-26(2,3)34-29)18-23-21-9-8-19-17-20(30)10-13-27(19,4)22(21)11-14-28(23,29)5/h8,12,16,20-23,25,30H,6-7,9-11,13-15,17-18H2,1-5H3/b16-12+/t20-,21-,22+,23+,25-,27-,28+,29-/m0/s1. The molecule has 5 rings (SSSR count). The summed E-state index contributed by atoms with van der Waals surface area (Å²) in [5.41, 5.74) is 0.422. The van der Waals surface area contributed by atoms with E-state index < -0.39 is 11.4 Å². The predicted octanol–water partition coefficient (Wildman–Crippen LogP) is 5.71. The molecule has 1 N–H and O–H groups in total. The third-order valence-corrected chi connectivity index (χ3v) is 10.4. The Morgan fingerprint density at radius 3 is 2.76 bits per heavy atom. The Hall–Kier alpha value is -1.17. The number of hydrogen-bond acceptors (Lipinski definition) is 5. The Labute approximate surface area is 205 Å². The molecule has 3 saturated carbocycles. The fourth-order valence-electron chi connectivity index (χ4n) is 8.71. The molecular weight excluding hydrogens is 428 g/mol. The largest absolute Gasteiger partial charge is 0.501 e. The highest BCUT2D eigenvalue weighted by atomic mass is 16.8. The van der Waals surface area contributed by atoms with E-state index >= 15 is 0 Å². The molecule has 0 aromatic rings. The van der Waals surface area contributed by atoms with E-state index in [2.05, 4.69) is 26.8 Å². The fraction of sp³-hybridized carbons (Fsp3) is 0.828. The van der Waals surface area contributed by atoms with Gasteiger partial charge < -0.3 is 19.3 Å². The average Bonchev–Trinajstić information content (AvgIpc) is 3.19. The van der Waals surface area contributed by atoms with Gasteiger partial charge in [-0.15, -0.1) is 0 Å². The molecule has 0 radical (unpaired) electrons. The number of unbranched alkanes of at least 4 members (excludes halogenated alkanes) is 1. The van der Waals surface area contributed by atoms with Gasteiger partial charge in [0.25, 0.3) is 0 Å². The molecule has 0 bridgehead atoms. The number of hydrogen-bond donors (Lipinski definition) is 1. The van der Waals surface area contributed by atoms with Crippen LogP contribution < -0.4 is 0 Å².